The highest BCUT2D eigenvalue weighted by molar-refractivity contribution is 8.00. The highest BCUT2D eigenvalue weighted by Crippen LogP contribution is 2.37. The molecule has 6 nitrogen and oxygen atoms in total. The minimum atomic E-state index is -0.637. The van der Waals surface area contributed by atoms with Gasteiger partial charge in [0.15, 0.2) is 0 Å². The number of carbonyl (C=O) groups is 3. The predicted octanol–water partition coefficient (Wildman–Crippen LogP) is 8.67. The van der Waals surface area contributed by atoms with Gasteiger partial charge in [-0.1, -0.05) is 84.4 Å². The Labute approximate surface area is 275 Å². The number of benzene rings is 5. The van der Waals surface area contributed by atoms with Gasteiger partial charge in [-0.25, -0.2) is 4.39 Å². The van der Waals surface area contributed by atoms with Gasteiger partial charge in [0.25, 0.3) is 11.8 Å². The zero-order valence-electron chi connectivity index (χ0n) is 24.7. The van der Waals surface area contributed by atoms with Crippen molar-refractivity contribution >= 4 is 58.5 Å². The van der Waals surface area contributed by atoms with E-state index in [2.05, 4.69) is 16.0 Å². The molecule has 0 aliphatic rings. The van der Waals surface area contributed by atoms with E-state index in [-0.39, 0.29) is 16.6 Å². The molecule has 46 heavy (non-hydrogen) atoms. The van der Waals surface area contributed by atoms with Crippen LogP contribution in [0, 0.1) is 12.7 Å². The van der Waals surface area contributed by atoms with E-state index < -0.39 is 22.9 Å². The first-order valence-corrected chi connectivity index (χ1v) is 15.6. The summed E-state index contributed by atoms with van der Waals surface area (Å²) < 4.78 is 13.6. The van der Waals surface area contributed by atoms with Crippen LogP contribution in [0.3, 0.4) is 0 Å². The molecular weight excluding hydrogens is 621 g/mol. The molecule has 0 spiro atoms. The van der Waals surface area contributed by atoms with Crippen LogP contribution < -0.4 is 16.0 Å². The van der Waals surface area contributed by atoms with Gasteiger partial charge in [0, 0.05) is 21.8 Å². The van der Waals surface area contributed by atoms with Gasteiger partial charge in [0.1, 0.15) is 16.8 Å². The van der Waals surface area contributed by atoms with Crippen LogP contribution in [0.1, 0.15) is 32.3 Å². The fraction of sp³-hybridized carbons (Fsp3) is 0.0541. The van der Waals surface area contributed by atoms with Crippen molar-refractivity contribution in [2.24, 2.45) is 0 Å². The molecular formula is C37H29ClFN3O3S. The summed E-state index contributed by atoms with van der Waals surface area (Å²) in [6, 6.07) is 36.6. The Morgan fingerprint density at radius 2 is 1.39 bits per heavy atom. The second-order valence-corrected chi connectivity index (χ2v) is 11.8. The smallest absolute Gasteiger partial charge is 0.272 e. The number of carbonyl (C=O) groups excluding carboxylic acids is 3. The van der Waals surface area contributed by atoms with Crippen molar-refractivity contribution in [1.29, 1.82) is 0 Å². The van der Waals surface area contributed by atoms with Gasteiger partial charge in [0.2, 0.25) is 5.91 Å². The van der Waals surface area contributed by atoms with Crippen LogP contribution in [0.5, 0.6) is 0 Å². The average Bonchev–Trinajstić information content (AvgIpc) is 3.07. The van der Waals surface area contributed by atoms with E-state index in [1.54, 1.807) is 54.6 Å². The molecule has 0 saturated heterocycles. The molecule has 0 radical (unpaired) electrons. The van der Waals surface area contributed by atoms with Crippen LogP contribution in [0.15, 0.2) is 138 Å². The van der Waals surface area contributed by atoms with Crippen molar-refractivity contribution in [2.45, 2.75) is 17.1 Å². The number of thioether (sulfide) groups is 1. The number of anilines is 2. The van der Waals surface area contributed by atoms with Gasteiger partial charge in [-0.15, -0.1) is 11.8 Å². The lowest BCUT2D eigenvalue weighted by Crippen LogP contribution is -2.30. The van der Waals surface area contributed by atoms with Crippen LogP contribution in [0.2, 0.25) is 5.02 Å². The molecule has 0 fully saturated rings. The monoisotopic (exact) mass is 649 g/mol. The third kappa shape index (κ3) is 8.50. The zero-order chi connectivity index (χ0) is 32.5. The number of halogens is 2. The SMILES string of the molecule is Cc1ccccc1/C=C(\NC(=O)c1ccccc1)C(=O)Nc1ccc(SC(C(=O)Nc2ccc(F)c(Cl)c2)c2ccccc2)cc1. The van der Waals surface area contributed by atoms with E-state index in [1.807, 2.05) is 67.6 Å². The lowest BCUT2D eigenvalue weighted by Gasteiger charge is -2.18. The molecule has 1 atom stereocenters. The van der Waals surface area contributed by atoms with Crippen molar-refractivity contribution in [3.05, 3.63) is 166 Å². The normalized spacial score (nSPS) is 11.8. The van der Waals surface area contributed by atoms with Crippen LogP contribution in [-0.2, 0) is 9.59 Å². The van der Waals surface area contributed by atoms with Crippen molar-refractivity contribution in [3.63, 3.8) is 0 Å². The maximum atomic E-state index is 13.6. The average molecular weight is 650 g/mol. The molecule has 0 heterocycles. The summed E-state index contributed by atoms with van der Waals surface area (Å²) in [5.41, 5.74) is 3.90. The minimum absolute atomic E-state index is 0.0864. The van der Waals surface area contributed by atoms with E-state index >= 15 is 0 Å². The number of amides is 3. The van der Waals surface area contributed by atoms with Crippen molar-refractivity contribution in [3.8, 4) is 0 Å². The first kappa shape index (κ1) is 32.2. The Kier molecular flexibility index (Phi) is 10.7. The Morgan fingerprint density at radius 3 is 2.07 bits per heavy atom. The largest absolute Gasteiger partial charge is 0.325 e. The fourth-order valence-corrected chi connectivity index (χ4v) is 5.69. The molecule has 9 heteroatoms. The number of rotatable bonds is 10. The third-order valence-corrected chi connectivity index (χ3v) is 8.47. The first-order chi connectivity index (χ1) is 22.3. The van der Waals surface area contributed by atoms with Gasteiger partial charge >= 0.3 is 0 Å². The van der Waals surface area contributed by atoms with Gasteiger partial charge in [-0.2, -0.15) is 0 Å². The Morgan fingerprint density at radius 1 is 0.761 bits per heavy atom. The second-order valence-electron chi connectivity index (χ2n) is 10.2. The summed E-state index contributed by atoms with van der Waals surface area (Å²) in [7, 11) is 0. The molecule has 1 unspecified atom stereocenters. The van der Waals surface area contributed by atoms with Crippen molar-refractivity contribution < 1.29 is 18.8 Å². The van der Waals surface area contributed by atoms with Crippen LogP contribution >= 0.6 is 23.4 Å². The molecule has 0 saturated carbocycles. The second kappa shape index (κ2) is 15.2. The predicted molar refractivity (Wildman–Crippen MR) is 183 cm³/mol. The summed E-state index contributed by atoms with van der Waals surface area (Å²) in [5, 5.41) is 7.72. The van der Waals surface area contributed by atoms with E-state index in [9.17, 15) is 18.8 Å². The molecule has 0 aromatic heterocycles. The molecule has 0 bridgehead atoms. The maximum Gasteiger partial charge on any atom is 0.272 e. The fourth-order valence-electron chi connectivity index (χ4n) is 4.48. The zero-order valence-corrected chi connectivity index (χ0v) is 26.2. The quantitative estimate of drug-likeness (QED) is 0.104. The molecule has 0 aliphatic carbocycles. The summed E-state index contributed by atoms with van der Waals surface area (Å²) in [5.74, 6) is -1.78. The molecule has 3 amide bonds. The Hall–Kier alpha value is -5.18. The van der Waals surface area contributed by atoms with Gasteiger partial charge in [-0.3, -0.25) is 14.4 Å². The topological polar surface area (TPSA) is 87.3 Å². The standard InChI is InChI=1S/C37H29ClFN3O3S/c1-24-10-8-9-15-27(24)22-33(42-35(43)26-13-6-3-7-14-26)36(44)40-28-16-19-30(20-17-28)46-34(25-11-4-2-5-12-25)37(45)41-29-18-21-32(39)31(38)23-29/h2-23,34H,1H3,(H,40,44)(H,41,45)(H,42,43)/b33-22-. The molecule has 230 valence electrons. The Balaban J connectivity index is 1.33. The van der Waals surface area contributed by atoms with E-state index in [1.165, 1.54) is 30.0 Å². The summed E-state index contributed by atoms with van der Waals surface area (Å²) in [4.78, 5) is 40.6. The summed E-state index contributed by atoms with van der Waals surface area (Å²) >= 11 is 7.23. The Bertz CT molecular complexity index is 1880. The van der Waals surface area contributed by atoms with Crippen LogP contribution in [-0.4, -0.2) is 17.7 Å². The summed E-state index contributed by atoms with van der Waals surface area (Å²) in [6.45, 7) is 1.93. The number of nitrogens with one attached hydrogen (secondary N) is 3. The highest BCUT2D eigenvalue weighted by Gasteiger charge is 2.23. The van der Waals surface area contributed by atoms with Crippen molar-refractivity contribution in [2.75, 3.05) is 10.6 Å². The third-order valence-electron chi connectivity index (χ3n) is 6.91. The molecule has 5 aromatic carbocycles. The number of hydrogen-bond donors (Lipinski definition) is 3. The van der Waals surface area contributed by atoms with Gasteiger partial charge < -0.3 is 16.0 Å². The first-order valence-electron chi connectivity index (χ1n) is 14.3. The summed E-state index contributed by atoms with van der Waals surface area (Å²) in [6.07, 6.45) is 1.65. The number of hydrogen-bond acceptors (Lipinski definition) is 4. The number of aryl methyl sites for hydroxylation is 1. The maximum absolute atomic E-state index is 13.6. The van der Waals surface area contributed by atoms with Crippen LogP contribution in [0.4, 0.5) is 15.8 Å². The highest BCUT2D eigenvalue weighted by atomic mass is 35.5. The van der Waals surface area contributed by atoms with E-state index in [0.717, 1.165) is 21.6 Å². The molecule has 0 aliphatic heterocycles. The molecule has 5 rings (SSSR count). The van der Waals surface area contributed by atoms with Crippen LogP contribution in [0.25, 0.3) is 6.08 Å². The van der Waals surface area contributed by atoms with Gasteiger partial charge in [0.05, 0.1) is 5.02 Å². The molecule has 3 N–H and O–H groups in total. The lowest BCUT2D eigenvalue weighted by molar-refractivity contribution is -0.116. The molecule has 5 aromatic rings. The van der Waals surface area contributed by atoms with Crippen molar-refractivity contribution in [1.82, 2.24) is 5.32 Å². The van der Waals surface area contributed by atoms with Gasteiger partial charge in [-0.05, 0) is 84.3 Å². The lowest BCUT2D eigenvalue weighted by atomic mass is 10.1. The minimum Gasteiger partial charge on any atom is -0.325 e. The van der Waals surface area contributed by atoms with E-state index in [0.29, 0.717) is 16.9 Å². The van der Waals surface area contributed by atoms with E-state index in [4.69, 9.17) is 11.6 Å².